The minimum atomic E-state index is -0.240. The maximum absolute atomic E-state index is 13.2. The van der Waals surface area contributed by atoms with Gasteiger partial charge in [0.25, 0.3) is 0 Å². The van der Waals surface area contributed by atoms with Gasteiger partial charge in [-0.05, 0) is 37.5 Å². The fraction of sp³-hybridized carbons (Fsp3) is 0.600. The van der Waals surface area contributed by atoms with Gasteiger partial charge in [0.15, 0.2) is 0 Å². The van der Waals surface area contributed by atoms with Crippen LogP contribution in [0.1, 0.15) is 50.6 Å². The third-order valence-corrected chi connectivity index (χ3v) is 4.32. The van der Waals surface area contributed by atoms with E-state index in [-0.39, 0.29) is 17.5 Å². The number of fused-ring (bicyclic) bond motifs is 1. The van der Waals surface area contributed by atoms with Gasteiger partial charge >= 0.3 is 0 Å². The van der Waals surface area contributed by atoms with E-state index in [9.17, 15) is 4.39 Å². The van der Waals surface area contributed by atoms with Crippen molar-refractivity contribution >= 4 is 0 Å². The van der Waals surface area contributed by atoms with E-state index in [1.165, 1.54) is 31.4 Å². The normalized spacial score (nSPS) is 31.4. The third kappa shape index (κ3) is 2.12. The topological polar surface area (TPSA) is 35.2 Å². The molecule has 2 aliphatic rings. The number of halogens is 1. The minimum Gasteiger partial charge on any atom is -0.487 e. The van der Waals surface area contributed by atoms with Gasteiger partial charge in [-0.15, -0.1) is 0 Å². The molecule has 2 atom stereocenters. The highest BCUT2D eigenvalue weighted by Gasteiger charge is 2.38. The quantitative estimate of drug-likeness (QED) is 0.869. The van der Waals surface area contributed by atoms with Crippen molar-refractivity contribution in [2.45, 2.75) is 50.7 Å². The van der Waals surface area contributed by atoms with E-state index in [4.69, 9.17) is 10.5 Å². The van der Waals surface area contributed by atoms with Crippen LogP contribution in [0.5, 0.6) is 5.75 Å². The third-order valence-electron chi connectivity index (χ3n) is 4.32. The Balaban J connectivity index is 1.83. The first-order chi connectivity index (χ1) is 8.56. The standard InChI is InChI=1S/C15H20FNO/c1-15(8-10-3-2-4-10)9-13(17)12-7-11(16)5-6-14(12)18-15/h5-7,10,13H,2-4,8-9,17H2,1H3/t13-,15?/m1/s1. The molecular formula is C15H20FNO. The summed E-state index contributed by atoms with van der Waals surface area (Å²) in [4.78, 5) is 0. The van der Waals surface area contributed by atoms with E-state index in [0.29, 0.717) is 0 Å². The van der Waals surface area contributed by atoms with E-state index in [0.717, 1.165) is 30.1 Å². The van der Waals surface area contributed by atoms with Crippen LogP contribution in [0.15, 0.2) is 18.2 Å². The van der Waals surface area contributed by atoms with Gasteiger partial charge in [0, 0.05) is 18.0 Å². The molecule has 0 saturated heterocycles. The van der Waals surface area contributed by atoms with E-state index < -0.39 is 0 Å². The van der Waals surface area contributed by atoms with Gasteiger partial charge in [0.2, 0.25) is 0 Å². The Kier molecular flexibility index (Phi) is 2.81. The summed E-state index contributed by atoms with van der Waals surface area (Å²) < 4.78 is 19.3. The zero-order valence-corrected chi connectivity index (χ0v) is 10.8. The second kappa shape index (κ2) is 4.23. The summed E-state index contributed by atoms with van der Waals surface area (Å²) in [5.41, 5.74) is 6.80. The van der Waals surface area contributed by atoms with Crippen LogP contribution < -0.4 is 10.5 Å². The molecule has 2 N–H and O–H groups in total. The second-order valence-electron chi connectivity index (χ2n) is 6.05. The molecule has 98 valence electrons. The lowest BCUT2D eigenvalue weighted by Crippen LogP contribution is -2.42. The SMILES string of the molecule is CC1(CC2CCC2)C[C@@H](N)c2cc(F)ccc2O1. The van der Waals surface area contributed by atoms with Crippen LogP contribution in [0.25, 0.3) is 0 Å². The molecule has 1 fully saturated rings. The number of hydrogen-bond acceptors (Lipinski definition) is 2. The first kappa shape index (κ1) is 12.0. The highest BCUT2D eigenvalue weighted by Crippen LogP contribution is 2.44. The van der Waals surface area contributed by atoms with Crippen molar-refractivity contribution < 1.29 is 9.13 Å². The van der Waals surface area contributed by atoms with Gasteiger partial charge in [0.05, 0.1) is 0 Å². The average Bonchev–Trinajstić information content (AvgIpc) is 2.25. The highest BCUT2D eigenvalue weighted by molar-refractivity contribution is 5.39. The van der Waals surface area contributed by atoms with Gasteiger partial charge in [-0.25, -0.2) is 4.39 Å². The Morgan fingerprint density at radius 3 is 2.89 bits per heavy atom. The van der Waals surface area contributed by atoms with Crippen molar-refractivity contribution in [3.8, 4) is 5.75 Å². The molecule has 3 heteroatoms. The van der Waals surface area contributed by atoms with Gasteiger partial charge in [0.1, 0.15) is 17.2 Å². The molecule has 0 radical (unpaired) electrons. The van der Waals surface area contributed by atoms with Crippen molar-refractivity contribution in [2.75, 3.05) is 0 Å². The Labute approximate surface area is 107 Å². The monoisotopic (exact) mass is 249 g/mol. The fourth-order valence-corrected chi connectivity index (χ4v) is 3.22. The highest BCUT2D eigenvalue weighted by atomic mass is 19.1. The lowest BCUT2D eigenvalue weighted by molar-refractivity contribution is 0.0169. The molecule has 1 aromatic rings. The van der Waals surface area contributed by atoms with E-state index in [1.54, 1.807) is 6.07 Å². The van der Waals surface area contributed by atoms with Crippen LogP contribution in [0.3, 0.4) is 0 Å². The zero-order chi connectivity index (χ0) is 12.8. The predicted molar refractivity (Wildman–Crippen MR) is 68.9 cm³/mol. The maximum atomic E-state index is 13.2. The molecule has 0 spiro atoms. The fourth-order valence-electron chi connectivity index (χ4n) is 3.22. The Hall–Kier alpha value is -1.09. The van der Waals surface area contributed by atoms with Crippen LogP contribution in [0, 0.1) is 11.7 Å². The molecular weight excluding hydrogens is 229 g/mol. The number of nitrogens with two attached hydrogens (primary N) is 1. The summed E-state index contributed by atoms with van der Waals surface area (Å²) in [7, 11) is 0. The predicted octanol–water partition coefficient (Wildman–Crippen LogP) is 3.56. The van der Waals surface area contributed by atoms with E-state index in [2.05, 4.69) is 6.92 Å². The Morgan fingerprint density at radius 2 is 2.22 bits per heavy atom. The van der Waals surface area contributed by atoms with Crippen molar-refractivity contribution in [1.82, 2.24) is 0 Å². The van der Waals surface area contributed by atoms with Crippen molar-refractivity contribution in [3.63, 3.8) is 0 Å². The zero-order valence-electron chi connectivity index (χ0n) is 10.8. The van der Waals surface area contributed by atoms with Crippen LogP contribution in [0.2, 0.25) is 0 Å². The molecule has 0 amide bonds. The average molecular weight is 249 g/mol. The smallest absolute Gasteiger partial charge is 0.125 e. The van der Waals surface area contributed by atoms with Gasteiger partial charge in [-0.3, -0.25) is 0 Å². The summed E-state index contributed by atoms with van der Waals surface area (Å²) in [5, 5.41) is 0. The Bertz CT molecular complexity index is 458. The molecule has 1 aromatic carbocycles. The van der Waals surface area contributed by atoms with E-state index in [1.807, 2.05) is 0 Å². The van der Waals surface area contributed by atoms with E-state index >= 15 is 0 Å². The molecule has 18 heavy (non-hydrogen) atoms. The lowest BCUT2D eigenvalue weighted by Gasteiger charge is -2.42. The van der Waals surface area contributed by atoms with Crippen LogP contribution in [-0.2, 0) is 0 Å². The first-order valence-electron chi connectivity index (χ1n) is 6.80. The number of hydrogen-bond donors (Lipinski definition) is 1. The Morgan fingerprint density at radius 1 is 1.44 bits per heavy atom. The van der Waals surface area contributed by atoms with Crippen molar-refractivity contribution in [1.29, 1.82) is 0 Å². The van der Waals surface area contributed by atoms with Crippen molar-refractivity contribution in [2.24, 2.45) is 11.7 Å². The summed E-state index contributed by atoms with van der Waals surface area (Å²) in [5.74, 6) is 1.30. The number of benzene rings is 1. The number of rotatable bonds is 2. The molecule has 1 aliphatic heterocycles. The van der Waals surface area contributed by atoms with Crippen LogP contribution >= 0.6 is 0 Å². The second-order valence-corrected chi connectivity index (χ2v) is 6.05. The first-order valence-corrected chi connectivity index (χ1v) is 6.80. The molecule has 2 nitrogen and oxygen atoms in total. The van der Waals surface area contributed by atoms with Crippen molar-refractivity contribution in [3.05, 3.63) is 29.6 Å². The molecule has 3 rings (SSSR count). The van der Waals surface area contributed by atoms with Gasteiger partial charge in [-0.1, -0.05) is 19.3 Å². The summed E-state index contributed by atoms with van der Waals surface area (Å²) in [6.07, 6.45) is 5.81. The summed E-state index contributed by atoms with van der Waals surface area (Å²) in [6.45, 7) is 2.14. The van der Waals surface area contributed by atoms with Crippen LogP contribution in [0.4, 0.5) is 4.39 Å². The largest absolute Gasteiger partial charge is 0.487 e. The molecule has 1 aliphatic carbocycles. The molecule has 1 saturated carbocycles. The van der Waals surface area contributed by atoms with Gasteiger partial charge in [-0.2, -0.15) is 0 Å². The summed E-state index contributed by atoms with van der Waals surface area (Å²) >= 11 is 0. The number of ether oxygens (including phenoxy) is 1. The molecule has 0 bridgehead atoms. The van der Waals surface area contributed by atoms with Gasteiger partial charge < -0.3 is 10.5 Å². The summed E-state index contributed by atoms with van der Waals surface area (Å²) in [6, 6.07) is 4.54. The molecule has 0 aromatic heterocycles. The minimum absolute atomic E-state index is 0.116. The molecule has 1 unspecified atom stereocenters. The maximum Gasteiger partial charge on any atom is 0.125 e. The lowest BCUT2D eigenvalue weighted by atomic mass is 9.74. The molecule has 1 heterocycles. The van der Waals surface area contributed by atoms with Crippen LogP contribution in [-0.4, -0.2) is 5.60 Å².